The minimum absolute atomic E-state index is 0.0818. The second-order valence-electron chi connectivity index (χ2n) is 7.40. The number of carbonyl (C=O) groups excluding carboxylic acids is 1. The highest BCUT2D eigenvalue weighted by Crippen LogP contribution is 2.44. The number of hydrogen-bond acceptors (Lipinski definition) is 4. The van der Waals surface area contributed by atoms with E-state index in [1.165, 1.54) is 0 Å². The summed E-state index contributed by atoms with van der Waals surface area (Å²) in [4.78, 5) is 30.4. The molecule has 26 heavy (non-hydrogen) atoms. The van der Waals surface area contributed by atoms with Crippen molar-refractivity contribution < 1.29 is 14.7 Å². The fourth-order valence-corrected chi connectivity index (χ4v) is 3.94. The number of pyridine rings is 1. The third-order valence-corrected chi connectivity index (χ3v) is 5.42. The highest BCUT2D eigenvalue weighted by atomic mass is 16.4. The Morgan fingerprint density at radius 3 is 2.50 bits per heavy atom. The molecule has 0 unspecified atom stereocenters. The molecule has 0 spiro atoms. The van der Waals surface area contributed by atoms with Crippen LogP contribution in [0.4, 0.5) is 0 Å². The van der Waals surface area contributed by atoms with Crippen molar-refractivity contribution in [3.63, 3.8) is 0 Å². The van der Waals surface area contributed by atoms with Crippen LogP contribution in [0.3, 0.4) is 0 Å². The number of aliphatic carboxylic acids is 1. The second-order valence-corrected chi connectivity index (χ2v) is 7.40. The first-order chi connectivity index (χ1) is 12.4. The molecule has 1 aliphatic heterocycles. The number of aryl methyl sites for hydroxylation is 2. The molecule has 1 saturated heterocycles. The minimum atomic E-state index is -0.796. The van der Waals surface area contributed by atoms with Gasteiger partial charge in [-0.05, 0) is 56.7 Å². The standard InChI is InChI=1S/C19H22N4O3/c1-11-7-12(2)23(21-11)17-6-5-14(8-20-17)18(24)22-9-15(13-3-4-13)16(10-22)19(25)26/h5-8,13,15-16H,3-4,9-10H2,1-2H3,(H,25,26)/t15-,16+/m1/s1. The third-order valence-electron chi connectivity index (χ3n) is 5.42. The van der Waals surface area contributed by atoms with Gasteiger partial charge in [-0.2, -0.15) is 5.10 Å². The molecule has 0 aromatic carbocycles. The number of carboxylic acids is 1. The number of nitrogens with zero attached hydrogens (tertiary/aromatic N) is 4. The lowest BCUT2D eigenvalue weighted by atomic mass is 9.92. The van der Waals surface area contributed by atoms with E-state index in [1.54, 1.807) is 27.9 Å². The normalized spacial score (nSPS) is 22.6. The summed E-state index contributed by atoms with van der Waals surface area (Å²) >= 11 is 0. The number of aromatic nitrogens is 3. The first-order valence-electron chi connectivity index (χ1n) is 8.96. The van der Waals surface area contributed by atoms with E-state index in [1.807, 2.05) is 19.9 Å². The van der Waals surface area contributed by atoms with Crippen LogP contribution >= 0.6 is 0 Å². The predicted molar refractivity (Wildman–Crippen MR) is 94.1 cm³/mol. The van der Waals surface area contributed by atoms with Crippen LogP contribution in [0.1, 0.15) is 34.6 Å². The number of hydrogen-bond donors (Lipinski definition) is 1. The molecule has 1 N–H and O–H groups in total. The lowest BCUT2D eigenvalue weighted by molar-refractivity contribution is -0.142. The predicted octanol–water partition coefficient (Wildman–Crippen LogP) is 2.07. The van der Waals surface area contributed by atoms with Gasteiger partial charge in [-0.15, -0.1) is 0 Å². The van der Waals surface area contributed by atoms with E-state index in [0.717, 1.165) is 24.2 Å². The average molecular weight is 354 g/mol. The van der Waals surface area contributed by atoms with Crippen molar-refractivity contribution in [3.05, 3.63) is 41.3 Å². The first-order valence-corrected chi connectivity index (χ1v) is 8.96. The van der Waals surface area contributed by atoms with Crippen molar-refractivity contribution in [2.75, 3.05) is 13.1 Å². The van der Waals surface area contributed by atoms with Crippen LogP contribution in [0.25, 0.3) is 5.82 Å². The van der Waals surface area contributed by atoms with Crippen molar-refractivity contribution in [1.82, 2.24) is 19.7 Å². The van der Waals surface area contributed by atoms with Gasteiger partial charge in [0.25, 0.3) is 5.91 Å². The third kappa shape index (κ3) is 2.98. The van der Waals surface area contributed by atoms with Crippen molar-refractivity contribution in [2.24, 2.45) is 17.8 Å². The van der Waals surface area contributed by atoms with Crippen LogP contribution in [-0.4, -0.2) is 49.7 Å². The Balaban J connectivity index is 1.51. The van der Waals surface area contributed by atoms with Crippen molar-refractivity contribution in [1.29, 1.82) is 0 Å². The summed E-state index contributed by atoms with van der Waals surface area (Å²) in [6.07, 6.45) is 3.71. The maximum Gasteiger partial charge on any atom is 0.308 e. The molecular formula is C19H22N4O3. The largest absolute Gasteiger partial charge is 0.481 e. The summed E-state index contributed by atoms with van der Waals surface area (Å²) in [6, 6.07) is 5.48. The Kier molecular flexibility index (Phi) is 4.01. The Hall–Kier alpha value is -2.70. The van der Waals surface area contributed by atoms with Crippen LogP contribution in [-0.2, 0) is 4.79 Å². The van der Waals surface area contributed by atoms with E-state index < -0.39 is 11.9 Å². The summed E-state index contributed by atoms with van der Waals surface area (Å²) in [5.41, 5.74) is 2.37. The molecule has 2 aromatic heterocycles. The molecule has 7 heteroatoms. The Bertz CT molecular complexity index is 854. The summed E-state index contributed by atoms with van der Waals surface area (Å²) in [6.45, 7) is 4.69. The zero-order chi connectivity index (χ0) is 18.4. The number of rotatable bonds is 4. The molecule has 136 valence electrons. The fourth-order valence-electron chi connectivity index (χ4n) is 3.94. The Morgan fingerprint density at radius 1 is 1.19 bits per heavy atom. The van der Waals surface area contributed by atoms with Gasteiger partial charge in [-0.3, -0.25) is 9.59 Å². The molecule has 1 saturated carbocycles. The van der Waals surface area contributed by atoms with Gasteiger partial charge < -0.3 is 10.0 Å². The molecule has 2 aliphatic rings. The van der Waals surface area contributed by atoms with Crippen LogP contribution in [0.15, 0.2) is 24.4 Å². The average Bonchev–Trinajstić information content (AvgIpc) is 3.27. The van der Waals surface area contributed by atoms with Crippen LogP contribution < -0.4 is 0 Å². The summed E-state index contributed by atoms with van der Waals surface area (Å²) in [5, 5.41) is 13.9. The molecule has 4 rings (SSSR count). The molecule has 2 aromatic rings. The van der Waals surface area contributed by atoms with Gasteiger partial charge in [-0.1, -0.05) is 0 Å². The van der Waals surface area contributed by atoms with E-state index >= 15 is 0 Å². The quantitative estimate of drug-likeness (QED) is 0.908. The summed E-state index contributed by atoms with van der Waals surface area (Å²) < 4.78 is 1.74. The topological polar surface area (TPSA) is 88.3 Å². The number of likely N-dealkylation sites (tertiary alicyclic amines) is 1. The number of carboxylic acid groups (broad SMARTS) is 1. The van der Waals surface area contributed by atoms with E-state index in [9.17, 15) is 14.7 Å². The molecule has 0 bridgehead atoms. The fraction of sp³-hybridized carbons (Fsp3) is 0.474. The molecule has 0 radical (unpaired) electrons. The summed E-state index contributed by atoms with van der Waals surface area (Å²) in [7, 11) is 0. The first kappa shape index (κ1) is 16.8. The van der Waals surface area contributed by atoms with Gasteiger partial charge >= 0.3 is 5.97 Å². The van der Waals surface area contributed by atoms with Crippen LogP contribution in [0.5, 0.6) is 0 Å². The summed E-state index contributed by atoms with van der Waals surface area (Å²) in [5.74, 6) is -0.193. The van der Waals surface area contributed by atoms with Gasteiger partial charge in [0.15, 0.2) is 5.82 Å². The van der Waals surface area contributed by atoms with E-state index in [-0.39, 0.29) is 18.4 Å². The SMILES string of the molecule is Cc1cc(C)n(-c2ccc(C(=O)N3C[C@H](C(=O)O)[C@@H](C4CC4)C3)cn2)n1. The van der Waals surface area contributed by atoms with Gasteiger partial charge in [0.05, 0.1) is 17.2 Å². The second kappa shape index (κ2) is 6.23. The maximum absolute atomic E-state index is 12.8. The molecular weight excluding hydrogens is 332 g/mol. The molecule has 3 heterocycles. The van der Waals surface area contributed by atoms with E-state index in [4.69, 9.17) is 0 Å². The van der Waals surface area contributed by atoms with E-state index in [0.29, 0.717) is 23.8 Å². The minimum Gasteiger partial charge on any atom is -0.481 e. The van der Waals surface area contributed by atoms with Crippen molar-refractivity contribution in [3.8, 4) is 5.82 Å². The van der Waals surface area contributed by atoms with Crippen LogP contribution in [0.2, 0.25) is 0 Å². The van der Waals surface area contributed by atoms with Gasteiger partial charge in [0.1, 0.15) is 0 Å². The monoisotopic (exact) mass is 354 g/mol. The molecule has 7 nitrogen and oxygen atoms in total. The Morgan fingerprint density at radius 2 is 1.96 bits per heavy atom. The Labute approximate surface area is 151 Å². The lowest BCUT2D eigenvalue weighted by Gasteiger charge is -2.16. The highest BCUT2D eigenvalue weighted by Gasteiger charge is 2.46. The highest BCUT2D eigenvalue weighted by molar-refractivity contribution is 5.94. The molecule has 2 atom stereocenters. The van der Waals surface area contributed by atoms with Crippen LogP contribution in [0, 0.1) is 31.6 Å². The van der Waals surface area contributed by atoms with Gasteiger partial charge in [-0.25, -0.2) is 9.67 Å². The zero-order valence-corrected chi connectivity index (χ0v) is 14.9. The molecule has 1 aliphatic carbocycles. The van der Waals surface area contributed by atoms with Crippen molar-refractivity contribution >= 4 is 11.9 Å². The van der Waals surface area contributed by atoms with Crippen molar-refractivity contribution in [2.45, 2.75) is 26.7 Å². The smallest absolute Gasteiger partial charge is 0.308 e. The van der Waals surface area contributed by atoms with E-state index in [2.05, 4.69) is 10.1 Å². The van der Waals surface area contributed by atoms with Gasteiger partial charge in [0.2, 0.25) is 0 Å². The molecule has 2 fully saturated rings. The number of carbonyl (C=O) groups is 2. The lowest BCUT2D eigenvalue weighted by Crippen LogP contribution is -2.30. The van der Waals surface area contributed by atoms with Gasteiger partial charge in [0, 0.05) is 25.0 Å². The maximum atomic E-state index is 12.8. The zero-order valence-electron chi connectivity index (χ0n) is 14.9. The number of amides is 1. The molecule has 1 amide bonds.